The van der Waals surface area contributed by atoms with Crippen LogP contribution in [0, 0.1) is 0 Å². The van der Waals surface area contributed by atoms with Gasteiger partial charge in [-0.2, -0.15) is 0 Å². The molecule has 0 bridgehead atoms. The van der Waals surface area contributed by atoms with Gasteiger partial charge in [-0.1, -0.05) is 5.21 Å². The van der Waals surface area contributed by atoms with E-state index >= 15 is 0 Å². The third kappa shape index (κ3) is 2.86. The van der Waals surface area contributed by atoms with Crippen molar-refractivity contribution in [2.75, 3.05) is 0 Å². The maximum Gasteiger partial charge on any atom is 0.318 e. The molecular formula is C7H9N5O3. The van der Waals surface area contributed by atoms with Gasteiger partial charge in [0.1, 0.15) is 12.2 Å². The number of hydrogen-bond acceptors (Lipinski definition) is 5. The van der Waals surface area contributed by atoms with Crippen molar-refractivity contribution in [1.82, 2.24) is 20.3 Å². The smallest absolute Gasteiger partial charge is 0.318 e. The minimum Gasteiger partial charge on any atom is -0.351 e. The van der Waals surface area contributed by atoms with Crippen molar-refractivity contribution < 1.29 is 14.4 Å². The third-order valence-electron chi connectivity index (χ3n) is 1.53. The molecular weight excluding hydrogens is 202 g/mol. The van der Waals surface area contributed by atoms with Crippen LogP contribution in [-0.2, 0) is 11.3 Å². The average molecular weight is 211 g/mol. The van der Waals surface area contributed by atoms with Gasteiger partial charge in [-0.25, -0.2) is 9.48 Å². The maximum atomic E-state index is 11.1. The van der Waals surface area contributed by atoms with Gasteiger partial charge in [0.2, 0.25) is 5.91 Å². The van der Waals surface area contributed by atoms with Gasteiger partial charge in [-0.15, -0.1) is 5.10 Å². The number of carbonyl (C=O) groups excluding carboxylic acids is 3. The third-order valence-corrected chi connectivity index (χ3v) is 1.53. The molecule has 1 aromatic rings. The number of imide groups is 1. The van der Waals surface area contributed by atoms with Gasteiger partial charge in [-0.05, 0) is 0 Å². The molecule has 0 aliphatic rings. The zero-order chi connectivity index (χ0) is 11.4. The van der Waals surface area contributed by atoms with Crippen LogP contribution in [0.4, 0.5) is 4.79 Å². The number of carbonyl (C=O) groups is 3. The molecule has 0 aliphatic carbocycles. The molecule has 8 nitrogen and oxygen atoms in total. The first-order valence-electron chi connectivity index (χ1n) is 3.99. The molecule has 15 heavy (non-hydrogen) atoms. The summed E-state index contributed by atoms with van der Waals surface area (Å²) in [6.45, 7) is 1.04. The molecule has 0 fully saturated rings. The first kappa shape index (κ1) is 10.8. The van der Waals surface area contributed by atoms with Gasteiger partial charge in [0.05, 0.1) is 6.20 Å². The van der Waals surface area contributed by atoms with Crippen molar-refractivity contribution in [3.8, 4) is 0 Å². The Kier molecular flexibility index (Phi) is 3.11. The predicted octanol–water partition coefficient (Wildman–Crippen LogP) is -1.32. The van der Waals surface area contributed by atoms with Gasteiger partial charge in [0.15, 0.2) is 5.78 Å². The van der Waals surface area contributed by atoms with Crippen LogP contribution in [0.3, 0.4) is 0 Å². The fourth-order valence-corrected chi connectivity index (χ4v) is 0.960. The number of nitrogens with one attached hydrogen (secondary N) is 1. The number of nitrogens with two attached hydrogens (primary N) is 1. The predicted molar refractivity (Wildman–Crippen MR) is 47.8 cm³/mol. The lowest BCUT2D eigenvalue weighted by atomic mass is 10.3. The zero-order valence-corrected chi connectivity index (χ0v) is 7.93. The summed E-state index contributed by atoms with van der Waals surface area (Å²) in [5, 5.41) is 8.84. The van der Waals surface area contributed by atoms with Crippen LogP contribution in [0.15, 0.2) is 6.20 Å². The Balaban J connectivity index is 2.72. The van der Waals surface area contributed by atoms with Crippen molar-refractivity contribution in [1.29, 1.82) is 0 Å². The Morgan fingerprint density at radius 1 is 1.53 bits per heavy atom. The summed E-state index contributed by atoms with van der Waals surface area (Å²) in [4.78, 5) is 32.4. The van der Waals surface area contributed by atoms with Crippen molar-refractivity contribution in [3.05, 3.63) is 11.9 Å². The molecule has 0 radical (unpaired) electrons. The Hall–Kier alpha value is -2.25. The van der Waals surface area contributed by atoms with Crippen molar-refractivity contribution in [2.45, 2.75) is 13.5 Å². The number of urea groups is 1. The minimum absolute atomic E-state index is 0.189. The van der Waals surface area contributed by atoms with Crippen molar-refractivity contribution >= 4 is 17.7 Å². The van der Waals surface area contributed by atoms with E-state index in [4.69, 9.17) is 5.73 Å². The molecule has 1 aromatic heterocycles. The van der Waals surface area contributed by atoms with E-state index in [0.717, 1.165) is 4.68 Å². The fraction of sp³-hybridized carbons (Fsp3) is 0.286. The number of Topliss-reactive ketones (excluding diaryl/α,β-unsaturated/α-hetero) is 1. The van der Waals surface area contributed by atoms with Gasteiger partial charge in [0, 0.05) is 6.92 Å². The number of amides is 3. The summed E-state index contributed by atoms with van der Waals surface area (Å²) in [7, 11) is 0. The molecule has 0 atom stereocenters. The number of primary amides is 1. The van der Waals surface area contributed by atoms with Crippen molar-refractivity contribution in [3.63, 3.8) is 0 Å². The number of nitrogens with zero attached hydrogens (tertiary/aromatic N) is 3. The van der Waals surface area contributed by atoms with Crippen LogP contribution in [0.5, 0.6) is 0 Å². The lowest BCUT2D eigenvalue weighted by Gasteiger charge is -2.02. The van der Waals surface area contributed by atoms with Gasteiger partial charge < -0.3 is 5.73 Å². The highest BCUT2D eigenvalue weighted by molar-refractivity contribution is 5.95. The maximum absolute atomic E-state index is 11.1. The number of aromatic nitrogens is 3. The number of rotatable bonds is 3. The van der Waals surface area contributed by atoms with Crippen LogP contribution in [0.2, 0.25) is 0 Å². The quantitative estimate of drug-likeness (QED) is 0.600. The van der Waals surface area contributed by atoms with E-state index in [9.17, 15) is 14.4 Å². The standard InChI is InChI=1S/C7H9N5O3/c1-4(13)5-2-9-11-12(5)3-6(14)10-7(8)15/h2H,3H2,1H3,(H3,8,10,14,15). The topological polar surface area (TPSA) is 120 Å². The summed E-state index contributed by atoms with van der Waals surface area (Å²) < 4.78 is 1.08. The SMILES string of the molecule is CC(=O)c1cnnn1CC(=O)NC(N)=O. The lowest BCUT2D eigenvalue weighted by molar-refractivity contribution is -0.120. The number of ketones is 1. The van der Waals surface area contributed by atoms with Crippen LogP contribution < -0.4 is 11.1 Å². The first-order valence-corrected chi connectivity index (χ1v) is 3.99. The second kappa shape index (κ2) is 4.31. The number of hydrogen-bond donors (Lipinski definition) is 2. The fourth-order valence-electron chi connectivity index (χ4n) is 0.960. The second-order valence-corrected chi connectivity index (χ2v) is 2.75. The summed E-state index contributed by atoms with van der Waals surface area (Å²) in [6.07, 6.45) is 1.24. The Morgan fingerprint density at radius 3 is 2.73 bits per heavy atom. The van der Waals surface area contributed by atoms with Crippen LogP contribution >= 0.6 is 0 Å². The van der Waals surface area contributed by atoms with Gasteiger partial charge in [0.25, 0.3) is 0 Å². The largest absolute Gasteiger partial charge is 0.351 e. The molecule has 80 valence electrons. The molecule has 0 spiro atoms. The lowest BCUT2D eigenvalue weighted by Crippen LogP contribution is -2.37. The van der Waals surface area contributed by atoms with Gasteiger partial charge in [-0.3, -0.25) is 14.9 Å². The summed E-state index contributed by atoms with van der Waals surface area (Å²) in [5.41, 5.74) is 4.93. The highest BCUT2D eigenvalue weighted by Gasteiger charge is 2.12. The molecule has 0 saturated carbocycles. The molecule has 3 N–H and O–H groups in total. The highest BCUT2D eigenvalue weighted by atomic mass is 16.2. The monoisotopic (exact) mass is 211 g/mol. The van der Waals surface area contributed by atoms with E-state index in [1.807, 2.05) is 5.32 Å². The zero-order valence-electron chi connectivity index (χ0n) is 7.93. The van der Waals surface area contributed by atoms with E-state index in [1.165, 1.54) is 13.1 Å². The molecule has 0 aromatic carbocycles. The van der Waals surface area contributed by atoms with Gasteiger partial charge >= 0.3 is 6.03 Å². The second-order valence-electron chi connectivity index (χ2n) is 2.75. The molecule has 0 saturated heterocycles. The van der Waals surface area contributed by atoms with Crippen LogP contribution in [0.25, 0.3) is 0 Å². The molecule has 1 rings (SSSR count). The van der Waals surface area contributed by atoms with E-state index < -0.39 is 11.9 Å². The normalized spacial score (nSPS) is 9.67. The summed E-state index contributed by atoms with van der Waals surface area (Å²) >= 11 is 0. The highest BCUT2D eigenvalue weighted by Crippen LogP contribution is 1.96. The van der Waals surface area contributed by atoms with Crippen LogP contribution in [0.1, 0.15) is 17.4 Å². The average Bonchev–Trinajstić information content (AvgIpc) is 2.50. The van der Waals surface area contributed by atoms with E-state index in [0.29, 0.717) is 0 Å². The minimum atomic E-state index is -0.954. The van der Waals surface area contributed by atoms with Crippen LogP contribution in [-0.4, -0.2) is 32.7 Å². The molecule has 8 heteroatoms. The molecule has 0 aliphatic heterocycles. The molecule has 0 unspecified atom stereocenters. The van der Waals surface area contributed by atoms with E-state index in [-0.39, 0.29) is 18.0 Å². The Morgan fingerprint density at radius 2 is 2.20 bits per heavy atom. The summed E-state index contributed by atoms with van der Waals surface area (Å²) in [5.74, 6) is -0.928. The summed E-state index contributed by atoms with van der Waals surface area (Å²) in [6, 6.07) is -0.954. The van der Waals surface area contributed by atoms with E-state index in [2.05, 4.69) is 10.3 Å². The molecule has 3 amide bonds. The first-order chi connectivity index (χ1) is 7.00. The van der Waals surface area contributed by atoms with E-state index in [1.54, 1.807) is 0 Å². The van der Waals surface area contributed by atoms with Crippen molar-refractivity contribution in [2.24, 2.45) is 5.73 Å². The Labute approximate surface area is 84.4 Å². The molecule has 1 heterocycles. The Bertz CT molecular complexity index is 411.